The van der Waals surface area contributed by atoms with E-state index in [9.17, 15) is 4.79 Å². The van der Waals surface area contributed by atoms with Gasteiger partial charge >= 0.3 is 0 Å². The van der Waals surface area contributed by atoms with Crippen molar-refractivity contribution in [3.63, 3.8) is 0 Å². The van der Waals surface area contributed by atoms with Crippen LogP contribution in [0.5, 0.6) is 11.5 Å². The van der Waals surface area contributed by atoms with Crippen LogP contribution in [0.15, 0.2) is 39.3 Å². The van der Waals surface area contributed by atoms with Gasteiger partial charge in [0.2, 0.25) is 0 Å². The summed E-state index contributed by atoms with van der Waals surface area (Å²) in [6.45, 7) is 3.28. The fraction of sp³-hybridized carbons (Fsp3) is 0.294. The molecule has 0 fully saturated rings. The van der Waals surface area contributed by atoms with Crippen molar-refractivity contribution in [3.05, 3.63) is 51.4 Å². The molecule has 1 aromatic carbocycles. The number of ether oxygens (including phenoxy) is 2. The van der Waals surface area contributed by atoms with Crippen molar-refractivity contribution in [3.8, 4) is 11.5 Å². The molecule has 2 aromatic heterocycles. The summed E-state index contributed by atoms with van der Waals surface area (Å²) in [7, 11) is 0. The second-order valence-corrected chi connectivity index (χ2v) is 7.41. The Labute approximate surface area is 147 Å². The molecule has 0 spiro atoms. The summed E-state index contributed by atoms with van der Waals surface area (Å²) < 4.78 is 13.0. The highest BCUT2D eigenvalue weighted by Crippen LogP contribution is 2.34. The number of rotatable bonds is 3. The van der Waals surface area contributed by atoms with Crippen LogP contribution < -0.4 is 15.0 Å². The van der Waals surface area contributed by atoms with Crippen molar-refractivity contribution in [2.75, 3.05) is 13.2 Å². The number of fused-ring (bicyclic) bond motifs is 2. The Morgan fingerprint density at radius 1 is 1.25 bits per heavy atom. The van der Waals surface area contributed by atoms with Crippen molar-refractivity contribution in [1.29, 1.82) is 0 Å². The largest absolute Gasteiger partial charge is 0.490 e. The van der Waals surface area contributed by atoms with Gasteiger partial charge in [0.05, 0.1) is 18.9 Å². The molecule has 3 heterocycles. The molecule has 124 valence electrons. The summed E-state index contributed by atoms with van der Waals surface area (Å²) in [4.78, 5) is 18.6. The van der Waals surface area contributed by atoms with Crippen molar-refractivity contribution < 1.29 is 9.47 Å². The number of thiazole rings is 1. The molecule has 0 saturated carbocycles. The zero-order valence-corrected chi connectivity index (χ0v) is 14.8. The summed E-state index contributed by atoms with van der Waals surface area (Å²) in [5.41, 5.74) is 1.70. The third-order valence-corrected chi connectivity index (χ3v) is 5.71. The minimum atomic E-state index is -0.0204. The smallest absolute Gasteiger partial charge is 0.258 e. The van der Waals surface area contributed by atoms with Crippen molar-refractivity contribution >= 4 is 28.1 Å². The molecule has 0 aliphatic carbocycles. The van der Waals surface area contributed by atoms with E-state index < -0.39 is 0 Å². The van der Waals surface area contributed by atoms with E-state index >= 15 is 0 Å². The molecule has 3 aromatic rings. The molecular formula is C17H16N2O3S2. The minimum Gasteiger partial charge on any atom is -0.490 e. The highest BCUT2D eigenvalue weighted by molar-refractivity contribution is 7.98. The number of aryl methyl sites for hydroxylation is 1. The van der Waals surface area contributed by atoms with Crippen LogP contribution in [0.4, 0.5) is 0 Å². The third kappa shape index (κ3) is 3.01. The van der Waals surface area contributed by atoms with Crippen LogP contribution in [0, 0.1) is 6.92 Å². The van der Waals surface area contributed by atoms with Crippen LogP contribution >= 0.6 is 23.1 Å². The Morgan fingerprint density at radius 3 is 2.96 bits per heavy atom. The standard InChI is InChI=1S/C17H16N2O3S2/c1-11-9-24-17-18-12(7-16(20)19(11)17)10-23-13-3-4-14-15(8-13)22-6-2-5-21-14/h3-4,7-9H,2,5-6,10H2,1H3. The van der Waals surface area contributed by atoms with Gasteiger partial charge in [-0.2, -0.15) is 0 Å². The van der Waals surface area contributed by atoms with Gasteiger partial charge in [-0.25, -0.2) is 4.98 Å². The van der Waals surface area contributed by atoms with E-state index in [1.54, 1.807) is 22.2 Å². The molecule has 1 aliphatic heterocycles. The first kappa shape index (κ1) is 15.5. The topological polar surface area (TPSA) is 52.8 Å². The Balaban J connectivity index is 1.55. The number of hydrogen-bond donors (Lipinski definition) is 0. The first-order valence-corrected chi connectivity index (χ1v) is 9.56. The average Bonchev–Trinajstić information content (AvgIpc) is 2.81. The molecule has 1 aliphatic rings. The second-order valence-electron chi connectivity index (χ2n) is 5.53. The summed E-state index contributed by atoms with van der Waals surface area (Å²) in [6, 6.07) is 7.56. The second kappa shape index (κ2) is 6.49. The van der Waals surface area contributed by atoms with E-state index in [2.05, 4.69) is 4.98 Å². The molecule has 0 radical (unpaired) electrons. The van der Waals surface area contributed by atoms with Gasteiger partial charge in [-0.05, 0) is 25.1 Å². The number of aromatic nitrogens is 2. The minimum absolute atomic E-state index is 0.0204. The van der Waals surface area contributed by atoms with Crippen molar-refractivity contribution in [2.24, 2.45) is 0 Å². The van der Waals surface area contributed by atoms with E-state index in [1.807, 2.05) is 30.5 Å². The Kier molecular flexibility index (Phi) is 4.20. The first-order valence-electron chi connectivity index (χ1n) is 7.70. The summed E-state index contributed by atoms with van der Waals surface area (Å²) in [5, 5.41) is 1.95. The van der Waals surface area contributed by atoms with E-state index in [1.165, 1.54) is 11.3 Å². The van der Waals surface area contributed by atoms with Gasteiger partial charge in [0, 0.05) is 34.2 Å². The lowest BCUT2D eigenvalue weighted by Gasteiger charge is -2.09. The van der Waals surface area contributed by atoms with Crippen LogP contribution in [-0.4, -0.2) is 22.6 Å². The van der Waals surface area contributed by atoms with E-state index in [0.717, 1.165) is 39.2 Å². The van der Waals surface area contributed by atoms with Gasteiger partial charge in [0.1, 0.15) is 0 Å². The molecule has 0 unspecified atom stereocenters. The summed E-state index contributed by atoms with van der Waals surface area (Å²) >= 11 is 3.13. The average molecular weight is 360 g/mol. The molecule has 0 atom stereocenters. The predicted molar refractivity (Wildman–Crippen MR) is 95.7 cm³/mol. The van der Waals surface area contributed by atoms with Gasteiger partial charge in [-0.15, -0.1) is 23.1 Å². The van der Waals surface area contributed by atoms with Crippen LogP contribution in [0.25, 0.3) is 4.96 Å². The molecular weight excluding hydrogens is 344 g/mol. The molecule has 0 N–H and O–H groups in total. The summed E-state index contributed by atoms with van der Waals surface area (Å²) in [5.74, 6) is 2.22. The number of hydrogen-bond acceptors (Lipinski definition) is 6. The molecule has 0 amide bonds. The molecule has 5 nitrogen and oxygen atoms in total. The number of nitrogens with zero attached hydrogens (tertiary/aromatic N) is 2. The quantitative estimate of drug-likeness (QED) is 0.669. The monoisotopic (exact) mass is 360 g/mol. The van der Waals surface area contributed by atoms with Crippen LogP contribution in [0.2, 0.25) is 0 Å². The highest BCUT2D eigenvalue weighted by atomic mass is 32.2. The summed E-state index contributed by atoms with van der Waals surface area (Å²) in [6.07, 6.45) is 0.894. The third-order valence-electron chi connectivity index (χ3n) is 3.73. The maximum atomic E-state index is 12.2. The lowest BCUT2D eigenvalue weighted by atomic mass is 10.3. The molecule has 4 rings (SSSR count). The van der Waals surface area contributed by atoms with E-state index in [0.29, 0.717) is 19.0 Å². The molecule has 24 heavy (non-hydrogen) atoms. The molecule has 7 heteroatoms. The number of benzene rings is 1. The van der Waals surface area contributed by atoms with Crippen LogP contribution in [0.1, 0.15) is 17.8 Å². The number of thioether (sulfide) groups is 1. The molecule has 0 bridgehead atoms. The van der Waals surface area contributed by atoms with Crippen molar-refractivity contribution in [1.82, 2.24) is 9.38 Å². The van der Waals surface area contributed by atoms with Gasteiger partial charge < -0.3 is 9.47 Å². The van der Waals surface area contributed by atoms with Gasteiger partial charge in [-0.3, -0.25) is 9.20 Å². The fourth-order valence-corrected chi connectivity index (χ4v) is 4.27. The maximum Gasteiger partial charge on any atom is 0.258 e. The Bertz CT molecular complexity index is 949. The SMILES string of the molecule is Cc1csc2nc(CSc3ccc4c(c3)OCCCO4)cc(=O)n12. The van der Waals surface area contributed by atoms with Gasteiger partial charge in [0.15, 0.2) is 16.5 Å². The fourth-order valence-electron chi connectivity index (χ4n) is 2.57. The zero-order valence-electron chi connectivity index (χ0n) is 13.2. The van der Waals surface area contributed by atoms with E-state index in [4.69, 9.17) is 9.47 Å². The lowest BCUT2D eigenvalue weighted by molar-refractivity contribution is 0.297. The van der Waals surface area contributed by atoms with Crippen LogP contribution in [0.3, 0.4) is 0 Å². The van der Waals surface area contributed by atoms with Crippen molar-refractivity contribution in [2.45, 2.75) is 24.0 Å². The maximum absolute atomic E-state index is 12.2. The van der Waals surface area contributed by atoms with E-state index in [-0.39, 0.29) is 5.56 Å². The molecule has 0 saturated heterocycles. The van der Waals surface area contributed by atoms with Crippen LogP contribution in [-0.2, 0) is 5.75 Å². The highest BCUT2D eigenvalue weighted by Gasteiger charge is 2.12. The lowest BCUT2D eigenvalue weighted by Crippen LogP contribution is -2.14. The Morgan fingerprint density at radius 2 is 2.08 bits per heavy atom. The Hall–Kier alpha value is -1.99. The van der Waals surface area contributed by atoms with Gasteiger partial charge in [0.25, 0.3) is 5.56 Å². The zero-order chi connectivity index (χ0) is 16.5. The first-order chi connectivity index (χ1) is 11.7. The van der Waals surface area contributed by atoms with Gasteiger partial charge in [-0.1, -0.05) is 0 Å². The normalized spacial score (nSPS) is 13.9. The predicted octanol–water partition coefficient (Wildman–Crippen LogP) is 3.52.